The maximum atomic E-state index is 6.13. The minimum Gasteiger partial charge on any atom is -0.490 e. The molecule has 1 aliphatic rings. The number of nitrogens with one attached hydrogen (secondary N) is 2. The van der Waals surface area contributed by atoms with Gasteiger partial charge in [-0.25, -0.2) is 4.99 Å². The van der Waals surface area contributed by atoms with Crippen molar-refractivity contribution in [2.24, 2.45) is 4.99 Å². The number of hydrogen-bond acceptors (Lipinski definition) is 4. The fourth-order valence-corrected chi connectivity index (χ4v) is 3.36. The Morgan fingerprint density at radius 2 is 2.00 bits per heavy atom. The van der Waals surface area contributed by atoms with Gasteiger partial charge in [-0.1, -0.05) is 19.1 Å². The van der Waals surface area contributed by atoms with Crippen molar-refractivity contribution in [3.05, 3.63) is 29.3 Å². The van der Waals surface area contributed by atoms with E-state index in [1.165, 1.54) is 25.1 Å². The summed E-state index contributed by atoms with van der Waals surface area (Å²) in [5.74, 6) is 1.82. The molecule has 6 nitrogen and oxygen atoms in total. The van der Waals surface area contributed by atoms with E-state index >= 15 is 0 Å². The third-order valence-electron chi connectivity index (χ3n) is 5.41. The molecule has 1 aromatic carbocycles. The number of rotatable bonds is 9. The molecule has 29 heavy (non-hydrogen) atoms. The van der Waals surface area contributed by atoms with Crippen LogP contribution in [0.2, 0.25) is 0 Å². The molecule has 0 aromatic heterocycles. The van der Waals surface area contributed by atoms with E-state index in [9.17, 15) is 0 Å². The molecule has 1 saturated heterocycles. The molecule has 2 rings (SSSR count). The summed E-state index contributed by atoms with van der Waals surface area (Å²) in [5.41, 5.74) is 2.34. The Kier molecular flexibility index (Phi) is 10.3. The molecule has 0 saturated carbocycles. The molecule has 0 amide bonds. The number of ether oxygens (including phenoxy) is 1. The van der Waals surface area contributed by atoms with Crippen molar-refractivity contribution < 1.29 is 4.74 Å². The monoisotopic (exact) mass is 403 g/mol. The lowest BCUT2D eigenvalue weighted by Gasteiger charge is -2.21. The van der Waals surface area contributed by atoms with E-state index in [1.54, 1.807) is 0 Å². The SMILES string of the molecule is CCNC(=NCc1ccc(C)cc1OC(C)CC)NCCN1CCCN(C)CC1. The van der Waals surface area contributed by atoms with Crippen LogP contribution in [0, 0.1) is 6.92 Å². The zero-order valence-corrected chi connectivity index (χ0v) is 19.1. The molecule has 1 heterocycles. The zero-order chi connectivity index (χ0) is 21.1. The molecule has 0 bridgehead atoms. The first-order valence-electron chi connectivity index (χ1n) is 11.2. The molecule has 2 N–H and O–H groups in total. The van der Waals surface area contributed by atoms with Crippen LogP contribution in [0.15, 0.2) is 23.2 Å². The largest absolute Gasteiger partial charge is 0.490 e. The second-order valence-corrected chi connectivity index (χ2v) is 8.07. The highest BCUT2D eigenvalue weighted by Crippen LogP contribution is 2.23. The van der Waals surface area contributed by atoms with Crippen LogP contribution in [-0.4, -0.2) is 74.7 Å². The minimum absolute atomic E-state index is 0.207. The number of likely N-dealkylation sites (N-methyl/N-ethyl adjacent to an activating group) is 1. The van der Waals surface area contributed by atoms with Gasteiger partial charge in [0.15, 0.2) is 5.96 Å². The highest BCUT2D eigenvalue weighted by atomic mass is 16.5. The van der Waals surface area contributed by atoms with Crippen LogP contribution in [0.25, 0.3) is 0 Å². The van der Waals surface area contributed by atoms with E-state index in [1.807, 2.05) is 0 Å². The summed E-state index contributed by atoms with van der Waals surface area (Å²) < 4.78 is 6.13. The number of guanidine groups is 1. The quantitative estimate of drug-likeness (QED) is 0.490. The summed E-state index contributed by atoms with van der Waals surface area (Å²) in [6.45, 7) is 16.5. The minimum atomic E-state index is 0.207. The van der Waals surface area contributed by atoms with Gasteiger partial charge in [0.05, 0.1) is 12.6 Å². The highest BCUT2D eigenvalue weighted by Gasteiger charge is 2.12. The second-order valence-electron chi connectivity index (χ2n) is 8.07. The first-order valence-corrected chi connectivity index (χ1v) is 11.2. The van der Waals surface area contributed by atoms with Crippen LogP contribution < -0.4 is 15.4 Å². The van der Waals surface area contributed by atoms with Crippen molar-refractivity contribution in [2.75, 3.05) is 52.9 Å². The first-order chi connectivity index (χ1) is 14.0. The number of aryl methyl sites for hydroxylation is 1. The van der Waals surface area contributed by atoms with Crippen molar-refractivity contribution in [1.29, 1.82) is 0 Å². The zero-order valence-electron chi connectivity index (χ0n) is 19.1. The molecule has 1 fully saturated rings. The van der Waals surface area contributed by atoms with Gasteiger partial charge in [0.2, 0.25) is 0 Å². The Balaban J connectivity index is 1.93. The predicted octanol–water partition coefficient (Wildman–Crippen LogP) is 2.86. The third-order valence-corrected chi connectivity index (χ3v) is 5.41. The van der Waals surface area contributed by atoms with E-state index in [0.29, 0.717) is 6.54 Å². The van der Waals surface area contributed by atoms with Gasteiger partial charge < -0.3 is 25.2 Å². The average molecular weight is 404 g/mol. The summed E-state index contributed by atoms with van der Waals surface area (Å²) in [7, 11) is 2.21. The molecule has 164 valence electrons. The van der Waals surface area contributed by atoms with E-state index in [2.05, 4.69) is 73.4 Å². The van der Waals surface area contributed by atoms with E-state index < -0.39 is 0 Å². The van der Waals surface area contributed by atoms with Crippen LogP contribution in [0.4, 0.5) is 0 Å². The number of hydrogen-bond donors (Lipinski definition) is 2. The fourth-order valence-electron chi connectivity index (χ4n) is 3.36. The lowest BCUT2D eigenvalue weighted by atomic mass is 10.1. The summed E-state index contributed by atoms with van der Waals surface area (Å²) in [6, 6.07) is 6.38. The number of aliphatic imine (C=N–C) groups is 1. The van der Waals surface area contributed by atoms with Gasteiger partial charge in [0, 0.05) is 38.3 Å². The molecular weight excluding hydrogens is 362 g/mol. The summed E-state index contributed by atoms with van der Waals surface area (Å²) >= 11 is 0. The fraction of sp³-hybridized carbons (Fsp3) is 0.696. The van der Waals surface area contributed by atoms with Crippen molar-refractivity contribution in [3.8, 4) is 5.75 Å². The number of nitrogens with zero attached hydrogens (tertiary/aromatic N) is 3. The third kappa shape index (κ3) is 8.62. The van der Waals surface area contributed by atoms with Gasteiger partial charge in [0.1, 0.15) is 5.75 Å². The number of benzene rings is 1. The molecule has 0 radical (unpaired) electrons. The Morgan fingerprint density at radius 1 is 1.17 bits per heavy atom. The molecule has 6 heteroatoms. The van der Waals surface area contributed by atoms with Crippen LogP contribution >= 0.6 is 0 Å². The van der Waals surface area contributed by atoms with Crippen molar-refractivity contribution in [2.45, 2.75) is 53.2 Å². The lowest BCUT2D eigenvalue weighted by Crippen LogP contribution is -2.42. The molecule has 0 spiro atoms. The normalized spacial score (nSPS) is 17.6. The Hall–Kier alpha value is -1.79. The smallest absolute Gasteiger partial charge is 0.191 e. The van der Waals surface area contributed by atoms with Gasteiger partial charge in [-0.3, -0.25) is 0 Å². The topological polar surface area (TPSA) is 52.1 Å². The van der Waals surface area contributed by atoms with Crippen LogP contribution in [-0.2, 0) is 6.54 Å². The van der Waals surface area contributed by atoms with Crippen LogP contribution in [0.5, 0.6) is 5.75 Å². The van der Waals surface area contributed by atoms with Crippen molar-refractivity contribution in [3.63, 3.8) is 0 Å². The summed E-state index contributed by atoms with van der Waals surface area (Å²) in [5, 5.41) is 6.86. The Labute approximate surface area is 177 Å². The van der Waals surface area contributed by atoms with Crippen molar-refractivity contribution in [1.82, 2.24) is 20.4 Å². The molecule has 1 unspecified atom stereocenters. The Bertz CT molecular complexity index is 634. The molecule has 0 aliphatic carbocycles. The molecule has 1 aliphatic heterocycles. The standard InChI is InChI=1S/C23H41N5O/c1-6-20(4)29-22-17-19(3)9-10-21(22)18-26-23(24-7-2)25-11-14-28-13-8-12-27(5)15-16-28/h9-10,17,20H,6-8,11-16,18H2,1-5H3,(H2,24,25,26). The average Bonchev–Trinajstić information content (AvgIpc) is 2.91. The first kappa shape index (κ1) is 23.5. The molecular formula is C23H41N5O. The maximum Gasteiger partial charge on any atom is 0.191 e. The predicted molar refractivity (Wildman–Crippen MR) is 123 cm³/mol. The van der Waals surface area contributed by atoms with Gasteiger partial charge in [-0.05, 0) is 65.4 Å². The van der Waals surface area contributed by atoms with E-state index in [0.717, 1.165) is 56.4 Å². The maximum absolute atomic E-state index is 6.13. The van der Waals surface area contributed by atoms with Gasteiger partial charge in [-0.2, -0.15) is 0 Å². The van der Waals surface area contributed by atoms with E-state index in [-0.39, 0.29) is 6.10 Å². The summed E-state index contributed by atoms with van der Waals surface area (Å²) in [6.07, 6.45) is 2.45. The molecule has 1 atom stereocenters. The summed E-state index contributed by atoms with van der Waals surface area (Å²) in [4.78, 5) is 9.76. The van der Waals surface area contributed by atoms with Crippen LogP contribution in [0.1, 0.15) is 44.7 Å². The van der Waals surface area contributed by atoms with Gasteiger partial charge in [0.25, 0.3) is 0 Å². The van der Waals surface area contributed by atoms with E-state index in [4.69, 9.17) is 9.73 Å². The highest BCUT2D eigenvalue weighted by molar-refractivity contribution is 5.79. The van der Waals surface area contributed by atoms with Crippen molar-refractivity contribution >= 4 is 5.96 Å². The van der Waals surface area contributed by atoms with Gasteiger partial charge >= 0.3 is 0 Å². The van der Waals surface area contributed by atoms with Crippen LogP contribution in [0.3, 0.4) is 0 Å². The second kappa shape index (κ2) is 12.7. The van der Waals surface area contributed by atoms with Gasteiger partial charge in [-0.15, -0.1) is 0 Å². The molecule has 1 aromatic rings. The lowest BCUT2D eigenvalue weighted by molar-refractivity contribution is 0.215. The Morgan fingerprint density at radius 3 is 2.76 bits per heavy atom.